The fraction of sp³-hybridized carbons (Fsp3) is 0.625. The summed E-state index contributed by atoms with van der Waals surface area (Å²) >= 11 is 6.28. The van der Waals surface area contributed by atoms with Gasteiger partial charge in [-0.15, -0.1) is 0 Å². The van der Waals surface area contributed by atoms with Crippen LogP contribution in [-0.2, 0) is 0 Å². The van der Waals surface area contributed by atoms with Gasteiger partial charge in [0.15, 0.2) is 0 Å². The van der Waals surface area contributed by atoms with Crippen molar-refractivity contribution in [3.8, 4) is 5.75 Å². The quantitative estimate of drug-likeness (QED) is 0.904. The summed E-state index contributed by atoms with van der Waals surface area (Å²) in [6.07, 6.45) is 0. The van der Waals surface area contributed by atoms with E-state index in [0.29, 0.717) is 5.92 Å². The summed E-state index contributed by atoms with van der Waals surface area (Å²) in [6, 6.07) is 4.11. The van der Waals surface area contributed by atoms with Crippen LogP contribution in [0.3, 0.4) is 0 Å². The Morgan fingerprint density at radius 1 is 1.30 bits per heavy atom. The molecule has 0 radical (unpaired) electrons. The highest BCUT2D eigenvalue weighted by atomic mass is 35.5. The Balaban J connectivity index is 1.93. The predicted molar refractivity (Wildman–Crippen MR) is 85.1 cm³/mol. The van der Waals surface area contributed by atoms with Gasteiger partial charge >= 0.3 is 0 Å². The van der Waals surface area contributed by atoms with Crippen LogP contribution in [0.25, 0.3) is 0 Å². The molecule has 0 bridgehead atoms. The first-order valence-electron chi connectivity index (χ1n) is 7.44. The first-order chi connectivity index (χ1) is 9.58. The number of aryl methyl sites for hydroxylation is 1. The van der Waals surface area contributed by atoms with Crippen molar-refractivity contribution in [2.24, 2.45) is 0 Å². The average molecular weight is 297 g/mol. The van der Waals surface area contributed by atoms with Crippen LogP contribution in [0.15, 0.2) is 12.1 Å². The molecule has 1 aliphatic rings. The topological polar surface area (TPSA) is 24.5 Å². The summed E-state index contributed by atoms with van der Waals surface area (Å²) in [5, 5.41) is 4.20. The smallest absolute Gasteiger partial charge is 0.122 e. The number of benzene rings is 1. The van der Waals surface area contributed by atoms with E-state index in [0.717, 1.165) is 61.2 Å². The number of hydrogen-bond acceptors (Lipinski definition) is 3. The zero-order valence-corrected chi connectivity index (χ0v) is 13.5. The van der Waals surface area contributed by atoms with E-state index in [-0.39, 0.29) is 0 Å². The lowest BCUT2D eigenvalue weighted by Crippen LogP contribution is -2.44. The number of hydrogen-bond donors (Lipinski definition) is 1. The van der Waals surface area contributed by atoms with Crippen molar-refractivity contribution < 1.29 is 4.74 Å². The van der Waals surface area contributed by atoms with Gasteiger partial charge in [0.25, 0.3) is 0 Å². The van der Waals surface area contributed by atoms with E-state index in [2.05, 4.69) is 37.1 Å². The molecule has 1 aromatic carbocycles. The molecule has 0 atom stereocenters. The van der Waals surface area contributed by atoms with Gasteiger partial charge in [0.05, 0.1) is 0 Å². The number of nitrogens with zero attached hydrogens (tertiary/aromatic N) is 1. The fourth-order valence-corrected chi connectivity index (χ4v) is 2.92. The van der Waals surface area contributed by atoms with Gasteiger partial charge in [-0.2, -0.15) is 0 Å². The highest BCUT2D eigenvalue weighted by Crippen LogP contribution is 2.31. The van der Waals surface area contributed by atoms with Crippen molar-refractivity contribution in [1.29, 1.82) is 0 Å². The van der Waals surface area contributed by atoms with E-state index in [1.165, 1.54) is 0 Å². The van der Waals surface area contributed by atoms with E-state index in [4.69, 9.17) is 16.3 Å². The minimum Gasteiger partial charge on any atom is -0.492 e. The van der Waals surface area contributed by atoms with Gasteiger partial charge < -0.3 is 10.1 Å². The van der Waals surface area contributed by atoms with Crippen LogP contribution in [-0.4, -0.2) is 44.2 Å². The Hall–Kier alpha value is -0.770. The molecule has 1 fully saturated rings. The first kappa shape index (κ1) is 15.6. The first-order valence-corrected chi connectivity index (χ1v) is 7.81. The summed E-state index contributed by atoms with van der Waals surface area (Å²) in [5.74, 6) is 1.38. The Morgan fingerprint density at radius 3 is 2.65 bits per heavy atom. The van der Waals surface area contributed by atoms with Crippen LogP contribution < -0.4 is 10.1 Å². The van der Waals surface area contributed by atoms with Gasteiger partial charge in [-0.1, -0.05) is 25.4 Å². The number of nitrogens with one attached hydrogen (secondary N) is 1. The van der Waals surface area contributed by atoms with Gasteiger partial charge in [0.1, 0.15) is 12.4 Å². The molecular weight excluding hydrogens is 272 g/mol. The summed E-state index contributed by atoms with van der Waals surface area (Å²) in [4.78, 5) is 2.44. The van der Waals surface area contributed by atoms with Crippen molar-refractivity contribution in [2.75, 3.05) is 39.3 Å². The largest absolute Gasteiger partial charge is 0.492 e. The standard InChI is InChI=1S/C16H25ClN2O/c1-12(2)14-11-16(13(3)10-15(14)17)20-9-8-19-6-4-18-5-7-19/h10-12,18H,4-9H2,1-3H3. The van der Waals surface area contributed by atoms with Gasteiger partial charge in [-0.05, 0) is 36.1 Å². The van der Waals surface area contributed by atoms with Gasteiger partial charge in [0.2, 0.25) is 0 Å². The van der Waals surface area contributed by atoms with Crippen molar-refractivity contribution >= 4 is 11.6 Å². The van der Waals surface area contributed by atoms with Gasteiger partial charge in [0, 0.05) is 37.7 Å². The second kappa shape index (κ2) is 7.30. The lowest BCUT2D eigenvalue weighted by molar-refractivity contribution is 0.191. The molecule has 1 N–H and O–H groups in total. The van der Waals surface area contributed by atoms with Crippen LogP contribution in [0.4, 0.5) is 0 Å². The maximum Gasteiger partial charge on any atom is 0.122 e. The highest BCUT2D eigenvalue weighted by molar-refractivity contribution is 6.31. The zero-order valence-electron chi connectivity index (χ0n) is 12.7. The lowest BCUT2D eigenvalue weighted by atomic mass is 10.0. The molecule has 112 valence electrons. The molecule has 20 heavy (non-hydrogen) atoms. The minimum absolute atomic E-state index is 0.415. The molecule has 0 saturated carbocycles. The second-order valence-electron chi connectivity index (χ2n) is 5.73. The fourth-order valence-electron chi connectivity index (χ4n) is 2.49. The number of ether oxygens (including phenoxy) is 1. The van der Waals surface area contributed by atoms with E-state index in [1.807, 2.05) is 6.07 Å². The Bertz CT molecular complexity index is 442. The SMILES string of the molecule is Cc1cc(Cl)c(C(C)C)cc1OCCN1CCNCC1. The van der Waals surface area contributed by atoms with Crippen LogP contribution >= 0.6 is 11.6 Å². The highest BCUT2D eigenvalue weighted by Gasteiger charge is 2.12. The molecule has 0 aliphatic carbocycles. The summed E-state index contributed by atoms with van der Waals surface area (Å²) in [7, 11) is 0. The number of halogens is 1. The molecule has 1 aliphatic heterocycles. The van der Waals surface area contributed by atoms with Crippen LogP contribution in [0.2, 0.25) is 5.02 Å². The monoisotopic (exact) mass is 296 g/mol. The maximum atomic E-state index is 6.28. The summed E-state index contributed by atoms with van der Waals surface area (Å²) in [5.41, 5.74) is 2.27. The third kappa shape index (κ3) is 4.11. The minimum atomic E-state index is 0.415. The Kier molecular flexibility index (Phi) is 5.70. The molecule has 0 spiro atoms. The molecule has 1 heterocycles. The van der Waals surface area contributed by atoms with Gasteiger partial charge in [-0.3, -0.25) is 4.90 Å². The normalized spacial score (nSPS) is 16.6. The van der Waals surface area contributed by atoms with Crippen molar-refractivity contribution in [3.05, 3.63) is 28.3 Å². The van der Waals surface area contributed by atoms with E-state index >= 15 is 0 Å². The maximum absolute atomic E-state index is 6.28. The molecule has 3 nitrogen and oxygen atoms in total. The summed E-state index contributed by atoms with van der Waals surface area (Å²) < 4.78 is 5.96. The Labute approximate surface area is 127 Å². The molecule has 0 unspecified atom stereocenters. The van der Waals surface area contributed by atoms with Crippen molar-refractivity contribution in [1.82, 2.24) is 10.2 Å². The molecule has 1 aromatic rings. The van der Waals surface area contributed by atoms with Crippen LogP contribution in [0.5, 0.6) is 5.75 Å². The van der Waals surface area contributed by atoms with Gasteiger partial charge in [-0.25, -0.2) is 0 Å². The Morgan fingerprint density at radius 2 is 2.00 bits per heavy atom. The zero-order chi connectivity index (χ0) is 14.5. The molecule has 1 saturated heterocycles. The van der Waals surface area contributed by atoms with E-state index in [1.54, 1.807) is 0 Å². The molecular formula is C16H25ClN2O. The van der Waals surface area contributed by atoms with Crippen LogP contribution in [0.1, 0.15) is 30.9 Å². The lowest BCUT2D eigenvalue weighted by Gasteiger charge is -2.27. The van der Waals surface area contributed by atoms with Crippen molar-refractivity contribution in [3.63, 3.8) is 0 Å². The number of piperazine rings is 1. The second-order valence-corrected chi connectivity index (χ2v) is 6.14. The molecule has 4 heteroatoms. The third-order valence-corrected chi connectivity index (χ3v) is 4.12. The van der Waals surface area contributed by atoms with Crippen molar-refractivity contribution in [2.45, 2.75) is 26.7 Å². The molecule has 2 rings (SSSR count). The van der Waals surface area contributed by atoms with E-state index < -0.39 is 0 Å². The van der Waals surface area contributed by atoms with E-state index in [9.17, 15) is 0 Å². The average Bonchev–Trinajstić information content (AvgIpc) is 2.42. The molecule has 0 amide bonds. The third-order valence-electron chi connectivity index (χ3n) is 3.79. The predicted octanol–water partition coefficient (Wildman–Crippen LogP) is 3.06. The van der Waals surface area contributed by atoms with Crippen LogP contribution in [0, 0.1) is 6.92 Å². The summed E-state index contributed by atoms with van der Waals surface area (Å²) in [6.45, 7) is 12.5. The molecule has 0 aromatic heterocycles. The number of rotatable bonds is 5.